The van der Waals surface area contributed by atoms with Gasteiger partial charge in [-0.05, 0) is 60.2 Å². The second-order valence-corrected chi connectivity index (χ2v) is 10.2. The normalized spacial score (nSPS) is 19.7. The summed E-state index contributed by atoms with van der Waals surface area (Å²) in [5, 5.41) is 5.33. The largest absolute Gasteiger partial charge is 0.493 e. The molecule has 3 aromatic rings. The van der Waals surface area contributed by atoms with Crippen LogP contribution in [0.25, 0.3) is 22.0 Å². The fourth-order valence-electron chi connectivity index (χ4n) is 5.08. The highest BCUT2D eigenvalue weighted by Crippen LogP contribution is 2.29. The first kappa shape index (κ1) is 25.2. The van der Waals surface area contributed by atoms with Gasteiger partial charge >= 0.3 is 5.97 Å². The summed E-state index contributed by atoms with van der Waals surface area (Å²) >= 11 is 0. The van der Waals surface area contributed by atoms with Crippen LogP contribution in [0, 0.1) is 11.8 Å². The van der Waals surface area contributed by atoms with E-state index in [1.54, 1.807) is 6.07 Å². The van der Waals surface area contributed by atoms with E-state index in [-0.39, 0.29) is 12.0 Å². The Morgan fingerprint density at radius 2 is 1.78 bits per heavy atom. The molecule has 1 saturated carbocycles. The summed E-state index contributed by atoms with van der Waals surface area (Å²) < 4.78 is 17.1. The number of methoxy groups -OCH3 is 1. The lowest BCUT2D eigenvalue weighted by Crippen LogP contribution is -2.35. The molecule has 0 spiro atoms. The lowest BCUT2D eigenvalue weighted by Gasteiger charge is -2.22. The summed E-state index contributed by atoms with van der Waals surface area (Å²) in [6.45, 7) is 5.31. The molecule has 0 bridgehead atoms. The monoisotopic (exact) mass is 502 g/mol. The van der Waals surface area contributed by atoms with Crippen molar-refractivity contribution in [2.45, 2.75) is 51.7 Å². The number of rotatable bonds is 9. The molecule has 7 heteroatoms. The van der Waals surface area contributed by atoms with Crippen LogP contribution >= 0.6 is 0 Å². The van der Waals surface area contributed by atoms with E-state index in [9.17, 15) is 4.79 Å². The minimum absolute atomic E-state index is 0.00707. The Bertz CT molecular complexity index is 1260. The molecule has 0 N–H and O–H groups in total. The smallest absolute Gasteiger partial charge is 0.356 e. The maximum atomic E-state index is 11.8. The Kier molecular flexibility index (Phi) is 7.70. The highest BCUT2D eigenvalue weighted by Gasteiger charge is 2.37. The lowest BCUT2D eigenvalue weighted by molar-refractivity contribution is 0.0176. The van der Waals surface area contributed by atoms with E-state index in [2.05, 4.69) is 42.2 Å². The van der Waals surface area contributed by atoms with Crippen LogP contribution in [0.1, 0.15) is 50.0 Å². The van der Waals surface area contributed by atoms with Crippen LogP contribution in [0.4, 0.5) is 0 Å². The van der Waals surface area contributed by atoms with Crippen molar-refractivity contribution in [2.24, 2.45) is 17.0 Å². The average Bonchev–Trinajstić information content (AvgIpc) is 3.60. The molecule has 0 amide bonds. The summed E-state index contributed by atoms with van der Waals surface area (Å²) in [4.78, 5) is 21.9. The molecule has 37 heavy (non-hydrogen) atoms. The number of aromatic nitrogens is 1. The topological polar surface area (TPSA) is 79.2 Å². The summed E-state index contributed by atoms with van der Waals surface area (Å²) in [5.74, 6) is 0.767. The van der Waals surface area contributed by atoms with Gasteiger partial charge in [0, 0.05) is 5.39 Å². The van der Waals surface area contributed by atoms with Gasteiger partial charge in [0.2, 0.25) is 0 Å². The van der Waals surface area contributed by atoms with Crippen LogP contribution in [0.15, 0.2) is 59.8 Å². The molecule has 2 heterocycles. The first-order chi connectivity index (χ1) is 18.0. The number of fused-ring (bicyclic) bond motifs is 1. The number of benzene rings is 2. The zero-order valence-corrected chi connectivity index (χ0v) is 21.7. The Labute approximate surface area is 217 Å². The van der Waals surface area contributed by atoms with Crippen molar-refractivity contribution >= 4 is 22.6 Å². The molecule has 2 aliphatic rings. The number of oxime groups is 1. The highest BCUT2D eigenvalue weighted by atomic mass is 16.6. The summed E-state index contributed by atoms with van der Waals surface area (Å²) in [6, 6.07) is 17.6. The number of esters is 1. The first-order valence-electron chi connectivity index (χ1n) is 13.1. The van der Waals surface area contributed by atoms with E-state index in [0.29, 0.717) is 30.9 Å². The summed E-state index contributed by atoms with van der Waals surface area (Å²) in [6.07, 6.45) is 5.10. The molecule has 7 nitrogen and oxygen atoms in total. The van der Waals surface area contributed by atoms with Crippen LogP contribution in [0.2, 0.25) is 0 Å². The van der Waals surface area contributed by atoms with E-state index < -0.39 is 5.97 Å². The molecular weight excluding hydrogens is 468 g/mol. The standard InChI is InChI=1S/C30H34N2O5/c1-19(2)29-25(28(32-37-29)18-36-23-6-4-5-7-23)17-35-24-12-8-20(9-13-24)21-10-14-26-22(16-21)11-15-27(31-26)30(33)34-3/h8-16,19,23,25,29H,4-7,17-18H2,1-3H3. The Hall–Kier alpha value is -3.45. The lowest BCUT2D eigenvalue weighted by atomic mass is 9.91. The predicted molar refractivity (Wildman–Crippen MR) is 143 cm³/mol. The maximum Gasteiger partial charge on any atom is 0.356 e. The van der Waals surface area contributed by atoms with Crippen molar-refractivity contribution in [1.29, 1.82) is 0 Å². The molecule has 1 aliphatic heterocycles. The number of carbonyl (C=O) groups is 1. The molecule has 2 aromatic carbocycles. The van der Waals surface area contributed by atoms with Crippen molar-refractivity contribution in [3.63, 3.8) is 0 Å². The molecule has 1 aliphatic carbocycles. The second kappa shape index (κ2) is 11.3. The van der Waals surface area contributed by atoms with Crippen LogP contribution in [0.3, 0.4) is 0 Å². The van der Waals surface area contributed by atoms with E-state index in [1.807, 2.05) is 30.3 Å². The van der Waals surface area contributed by atoms with Gasteiger partial charge in [-0.25, -0.2) is 9.78 Å². The highest BCUT2D eigenvalue weighted by molar-refractivity contribution is 5.92. The van der Waals surface area contributed by atoms with E-state index in [1.165, 1.54) is 20.0 Å². The third kappa shape index (κ3) is 5.77. The van der Waals surface area contributed by atoms with Gasteiger partial charge in [-0.15, -0.1) is 0 Å². The molecule has 0 saturated heterocycles. The number of nitrogens with zero attached hydrogens (tertiary/aromatic N) is 2. The number of hydrogen-bond donors (Lipinski definition) is 0. The Morgan fingerprint density at radius 1 is 1.03 bits per heavy atom. The average molecular weight is 503 g/mol. The zero-order valence-electron chi connectivity index (χ0n) is 21.7. The van der Waals surface area contributed by atoms with Crippen LogP contribution in [0.5, 0.6) is 5.75 Å². The van der Waals surface area contributed by atoms with Crippen molar-refractivity contribution in [3.8, 4) is 16.9 Å². The fourth-order valence-corrected chi connectivity index (χ4v) is 5.08. The van der Waals surface area contributed by atoms with Gasteiger partial charge in [-0.1, -0.05) is 56.1 Å². The third-order valence-electron chi connectivity index (χ3n) is 7.24. The van der Waals surface area contributed by atoms with Crippen molar-refractivity contribution < 1.29 is 23.8 Å². The van der Waals surface area contributed by atoms with Crippen molar-refractivity contribution in [2.75, 3.05) is 20.3 Å². The number of carbonyl (C=O) groups excluding carboxylic acids is 1. The Morgan fingerprint density at radius 3 is 2.51 bits per heavy atom. The molecule has 2 unspecified atom stereocenters. The van der Waals surface area contributed by atoms with Crippen LogP contribution in [-0.2, 0) is 14.3 Å². The van der Waals surface area contributed by atoms with Gasteiger partial charge in [0.15, 0.2) is 0 Å². The maximum absolute atomic E-state index is 11.8. The van der Waals surface area contributed by atoms with Gasteiger partial charge < -0.3 is 19.0 Å². The van der Waals surface area contributed by atoms with Gasteiger partial charge in [-0.2, -0.15) is 0 Å². The van der Waals surface area contributed by atoms with E-state index in [4.69, 9.17) is 19.0 Å². The zero-order chi connectivity index (χ0) is 25.8. The van der Waals surface area contributed by atoms with E-state index in [0.717, 1.165) is 46.3 Å². The Balaban J connectivity index is 1.23. The van der Waals surface area contributed by atoms with E-state index >= 15 is 0 Å². The predicted octanol–water partition coefficient (Wildman–Crippen LogP) is 6.05. The summed E-state index contributed by atoms with van der Waals surface area (Å²) in [5.41, 5.74) is 4.13. The third-order valence-corrected chi connectivity index (χ3v) is 7.24. The van der Waals surface area contributed by atoms with Crippen LogP contribution < -0.4 is 4.74 Å². The molecule has 194 valence electrons. The van der Waals surface area contributed by atoms with Crippen molar-refractivity contribution in [3.05, 3.63) is 60.3 Å². The molecular formula is C30H34N2O5. The van der Waals surface area contributed by atoms with Gasteiger partial charge in [0.25, 0.3) is 0 Å². The first-order valence-corrected chi connectivity index (χ1v) is 13.1. The van der Waals surface area contributed by atoms with Crippen LogP contribution in [-0.4, -0.2) is 49.2 Å². The minimum atomic E-state index is -0.440. The molecule has 0 radical (unpaired) electrons. The molecule has 1 aromatic heterocycles. The SMILES string of the molecule is COC(=O)c1ccc2cc(-c3ccc(OCC4C(COC5CCCC5)=NOC4C(C)C)cc3)ccc2n1. The number of pyridine rings is 1. The van der Waals surface area contributed by atoms with Gasteiger partial charge in [0.05, 0.1) is 37.0 Å². The molecule has 2 atom stereocenters. The van der Waals surface area contributed by atoms with Gasteiger partial charge in [-0.3, -0.25) is 0 Å². The fraction of sp³-hybridized carbons (Fsp3) is 0.433. The molecule has 5 rings (SSSR count). The van der Waals surface area contributed by atoms with Gasteiger partial charge in [0.1, 0.15) is 24.2 Å². The second-order valence-electron chi connectivity index (χ2n) is 10.2. The number of ether oxygens (including phenoxy) is 3. The quantitative estimate of drug-likeness (QED) is 0.331. The number of hydrogen-bond acceptors (Lipinski definition) is 7. The molecule has 1 fully saturated rings. The van der Waals surface area contributed by atoms with Crippen molar-refractivity contribution in [1.82, 2.24) is 4.98 Å². The summed E-state index contributed by atoms with van der Waals surface area (Å²) in [7, 11) is 1.35. The minimum Gasteiger partial charge on any atom is -0.493 e.